The zero-order valence-corrected chi connectivity index (χ0v) is 18.6. The van der Waals surface area contributed by atoms with E-state index in [0.717, 1.165) is 6.42 Å². The normalized spacial score (nSPS) is 19.1. The molecule has 2 heteroatoms. The Hall–Kier alpha value is -1.64. The highest BCUT2D eigenvalue weighted by molar-refractivity contribution is 9.10. The van der Waals surface area contributed by atoms with E-state index < -0.39 is 0 Å². The average Bonchev–Trinajstić information content (AvgIpc) is 3.29. The molecule has 0 radical (unpaired) electrons. The van der Waals surface area contributed by atoms with Gasteiger partial charge in [-0.3, -0.25) is 0 Å². The molecule has 27 heavy (non-hydrogen) atoms. The van der Waals surface area contributed by atoms with Crippen LogP contribution in [0.1, 0.15) is 52.5 Å². The molecule has 0 fully saturated rings. The largest absolute Gasteiger partial charge is 0.140 e. The maximum absolute atomic E-state index is 3.98. The Morgan fingerprint density at radius 3 is 2.74 bits per heavy atom. The number of hydrogen-bond acceptors (Lipinski definition) is 1. The molecule has 2 aliphatic rings. The Morgan fingerprint density at radius 1 is 1.15 bits per heavy atom. The third-order valence-electron chi connectivity index (χ3n) is 6.52. The quantitative estimate of drug-likeness (QED) is 0.382. The van der Waals surface area contributed by atoms with Crippen molar-refractivity contribution in [2.45, 2.75) is 40.0 Å². The molecule has 0 bridgehead atoms. The van der Waals surface area contributed by atoms with Gasteiger partial charge in [0.15, 0.2) is 0 Å². The van der Waals surface area contributed by atoms with Crippen LogP contribution >= 0.6 is 27.3 Å². The van der Waals surface area contributed by atoms with E-state index in [2.05, 4.69) is 86.1 Å². The number of thiophene rings is 1. The van der Waals surface area contributed by atoms with E-state index in [1.165, 1.54) is 52.8 Å². The van der Waals surface area contributed by atoms with E-state index in [4.69, 9.17) is 0 Å². The summed E-state index contributed by atoms with van der Waals surface area (Å²) in [6.45, 7) is 9.23. The number of benzene rings is 2. The van der Waals surface area contributed by atoms with Crippen molar-refractivity contribution < 1.29 is 0 Å². The lowest BCUT2D eigenvalue weighted by Crippen LogP contribution is -2.09. The summed E-state index contributed by atoms with van der Waals surface area (Å²) in [4.78, 5) is 1.43. The fourth-order valence-corrected chi connectivity index (χ4v) is 7.16. The maximum Gasteiger partial charge on any atom is 0.0365 e. The zero-order chi connectivity index (χ0) is 18.9. The lowest BCUT2D eigenvalue weighted by atomic mass is 9.81. The summed E-state index contributed by atoms with van der Waals surface area (Å²) in [5, 5.41) is 1.42. The van der Waals surface area contributed by atoms with Crippen molar-refractivity contribution in [3.8, 4) is 0 Å². The van der Waals surface area contributed by atoms with Crippen molar-refractivity contribution in [3.05, 3.63) is 79.1 Å². The lowest BCUT2D eigenvalue weighted by molar-refractivity contribution is 0.666. The van der Waals surface area contributed by atoms with E-state index in [9.17, 15) is 0 Å². The molecular weight excluding hydrogens is 412 g/mol. The molecule has 2 aliphatic carbocycles. The van der Waals surface area contributed by atoms with E-state index in [0.29, 0.717) is 11.8 Å². The minimum atomic E-state index is 0.471. The Balaban J connectivity index is 1.65. The van der Waals surface area contributed by atoms with Gasteiger partial charge in [0.1, 0.15) is 0 Å². The number of rotatable bonds is 2. The van der Waals surface area contributed by atoms with Crippen LogP contribution in [0.4, 0.5) is 0 Å². The van der Waals surface area contributed by atoms with Crippen LogP contribution in [-0.4, -0.2) is 0 Å². The topological polar surface area (TPSA) is 0 Å². The van der Waals surface area contributed by atoms with Gasteiger partial charge in [-0.15, -0.1) is 11.3 Å². The van der Waals surface area contributed by atoms with Gasteiger partial charge in [0.05, 0.1) is 0 Å². The van der Waals surface area contributed by atoms with Crippen molar-refractivity contribution in [1.82, 2.24) is 0 Å². The average molecular weight is 435 g/mol. The molecule has 0 spiro atoms. The highest BCUT2D eigenvalue weighted by Crippen LogP contribution is 2.50. The first kappa shape index (κ1) is 17.5. The van der Waals surface area contributed by atoms with Crippen molar-refractivity contribution in [3.63, 3.8) is 0 Å². The predicted octanol–water partition coefficient (Wildman–Crippen LogP) is 8.06. The van der Waals surface area contributed by atoms with Crippen LogP contribution in [0.5, 0.6) is 0 Å². The molecule has 0 nitrogen and oxygen atoms in total. The summed E-state index contributed by atoms with van der Waals surface area (Å²) in [5.74, 6) is 0.955. The summed E-state index contributed by atoms with van der Waals surface area (Å²) in [6, 6.07) is 11.3. The second-order valence-corrected chi connectivity index (χ2v) is 10.1. The van der Waals surface area contributed by atoms with Crippen LogP contribution in [0.15, 0.2) is 46.5 Å². The molecule has 3 aromatic rings. The Labute approximate surface area is 173 Å². The van der Waals surface area contributed by atoms with Crippen LogP contribution in [0.25, 0.3) is 21.7 Å². The predicted molar refractivity (Wildman–Crippen MR) is 123 cm³/mol. The van der Waals surface area contributed by atoms with Crippen LogP contribution < -0.4 is 0 Å². The number of fused-ring (bicyclic) bond motifs is 3. The Morgan fingerprint density at radius 2 is 1.93 bits per heavy atom. The van der Waals surface area contributed by atoms with Gasteiger partial charge in [0.25, 0.3) is 0 Å². The second-order valence-electron chi connectivity index (χ2n) is 8.05. The second kappa shape index (κ2) is 6.18. The minimum absolute atomic E-state index is 0.471. The van der Waals surface area contributed by atoms with Crippen molar-refractivity contribution in [2.75, 3.05) is 0 Å². The van der Waals surface area contributed by atoms with E-state index in [1.54, 1.807) is 5.57 Å². The molecule has 1 aromatic heterocycles. The van der Waals surface area contributed by atoms with E-state index in [1.807, 2.05) is 11.3 Å². The van der Waals surface area contributed by atoms with Gasteiger partial charge in [-0.1, -0.05) is 48.9 Å². The molecule has 2 atom stereocenters. The fraction of sp³-hybridized carbons (Fsp3) is 0.280. The Kier molecular flexibility index (Phi) is 4.00. The van der Waals surface area contributed by atoms with Crippen molar-refractivity contribution >= 4 is 49.0 Å². The van der Waals surface area contributed by atoms with Gasteiger partial charge in [-0.25, -0.2) is 0 Å². The SMILES string of the molecule is CC1=C(C(C)C2C=Cc3ccccc32)c2cc3sc(C)c(C)c3c(Br)c2C1. The highest BCUT2D eigenvalue weighted by Gasteiger charge is 2.32. The molecule has 0 aliphatic heterocycles. The lowest BCUT2D eigenvalue weighted by Gasteiger charge is -2.23. The molecule has 136 valence electrons. The third kappa shape index (κ3) is 2.46. The summed E-state index contributed by atoms with van der Waals surface area (Å²) in [7, 11) is 0. The van der Waals surface area contributed by atoms with E-state index in [-0.39, 0.29) is 0 Å². The minimum Gasteiger partial charge on any atom is -0.140 e. The van der Waals surface area contributed by atoms with Crippen LogP contribution in [0, 0.1) is 19.8 Å². The molecule has 5 rings (SSSR count). The first-order valence-corrected chi connectivity index (χ1v) is 11.3. The first-order valence-electron chi connectivity index (χ1n) is 9.65. The van der Waals surface area contributed by atoms with Gasteiger partial charge in [0, 0.05) is 25.4 Å². The standard InChI is InChI=1S/C25H23BrS/c1-13-11-21-20(12-22-24(25(21)26)14(2)16(4)27-22)23(13)15(3)18-10-9-17-7-5-6-8-19(17)18/h5-10,12,15,18H,11H2,1-4H3. The van der Waals surface area contributed by atoms with Crippen molar-refractivity contribution in [1.29, 1.82) is 0 Å². The number of aryl methyl sites for hydroxylation is 2. The smallest absolute Gasteiger partial charge is 0.0365 e. The summed E-state index contributed by atoms with van der Waals surface area (Å²) in [5.41, 5.74) is 10.3. The third-order valence-corrected chi connectivity index (χ3v) is 8.55. The van der Waals surface area contributed by atoms with Gasteiger partial charge in [-0.05, 0) is 88.5 Å². The van der Waals surface area contributed by atoms with Crippen LogP contribution in [-0.2, 0) is 6.42 Å². The summed E-state index contributed by atoms with van der Waals surface area (Å²) >= 11 is 5.90. The Bertz CT molecular complexity index is 1160. The molecule has 1 heterocycles. The van der Waals surface area contributed by atoms with Gasteiger partial charge < -0.3 is 0 Å². The molecule has 2 aromatic carbocycles. The summed E-state index contributed by atoms with van der Waals surface area (Å²) in [6.07, 6.45) is 5.77. The fourth-order valence-electron chi connectivity index (χ4n) is 5.05. The molecule has 2 unspecified atom stereocenters. The molecule has 0 amide bonds. The van der Waals surface area contributed by atoms with E-state index >= 15 is 0 Å². The number of hydrogen-bond donors (Lipinski definition) is 0. The monoisotopic (exact) mass is 434 g/mol. The van der Waals surface area contributed by atoms with Gasteiger partial charge >= 0.3 is 0 Å². The first-order chi connectivity index (χ1) is 13.0. The zero-order valence-electron chi connectivity index (χ0n) is 16.2. The molecule has 0 saturated heterocycles. The van der Waals surface area contributed by atoms with Crippen LogP contribution in [0.2, 0.25) is 0 Å². The summed E-state index contributed by atoms with van der Waals surface area (Å²) < 4.78 is 2.73. The maximum atomic E-state index is 3.98. The molecule has 0 saturated carbocycles. The van der Waals surface area contributed by atoms with Gasteiger partial charge in [-0.2, -0.15) is 0 Å². The number of halogens is 1. The van der Waals surface area contributed by atoms with Gasteiger partial charge in [0.2, 0.25) is 0 Å². The highest BCUT2D eigenvalue weighted by atomic mass is 79.9. The van der Waals surface area contributed by atoms with Crippen molar-refractivity contribution in [2.24, 2.45) is 5.92 Å². The van der Waals surface area contributed by atoms with Crippen LogP contribution in [0.3, 0.4) is 0 Å². The molecular formula is C25H23BrS. The number of allylic oxidation sites excluding steroid dienone is 3. The molecule has 0 N–H and O–H groups in total.